The molecule has 3 aromatic heterocycles. The van der Waals surface area contributed by atoms with Crippen LogP contribution in [0.2, 0.25) is 0 Å². The Bertz CT molecular complexity index is 1820. The van der Waals surface area contributed by atoms with Gasteiger partial charge in [-0.3, -0.25) is 0 Å². The molecule has 0 unspecified atom stereocenters. The SMILES string of the molecule is Cc1ccc2c3cc(CC(C)C)ccc3n3c4cc(C5CCC(C)(C)CC5)cc5cc[n+](C)c(c1c23)c54. The largest absolute Gasteiger partial charge is 0.307 e. The van der Waals surface area contributed by atoms with Crippen molar-refractivity contribution in [2.45, 2.75) is 72.6 Å². The summed E-state index contributed by atoms with van der Waals surface area (Å²) in [5.74, 6) is 1.30. The Labute approximate surface area is 220 Å². The first-order chi connectivity index (χ1) is 17.7. The smallest absolute Gasteiger partial charge is 0.224 e. The van der Waals surface area contributed by atoms with Crippen molar-refractivity contribution < 1.29 is 4.57 Å². The van der Waals surface area contributed by atoms with Crippen LogP contribution in [-0.2, 0) is 13.5 Å². The molecule has 0 amide bonds. The minimum Gasteiger partial charge on any atom is -0.307 e. The molecule has 1 saturated carbocycles. The van der Waals surface area contributed by atoms with Gasteiger partial charge in [-0.05, 0) is 96.6 Å². The van der Waals surface area contributed by atoms with Crippen molar-refractivity contribution in [3.63, 3.8) is 0 Å². The predicted octanol–water partition coefficient (Wildman–Crippen LogP) is 9.01. The van der Waals surface area contributed by atoms with Crippen LogP contribution in [0, 0.1) is 18.3 Å². The standard InChI is InChI=1S/C35H39N2/c1-21(2)17-23-8-10-29-28(18-23)27-9-7-22(3)31-33(27)37(29)30-20-26(24-11-14-35(4,5)15-12-24)19-25-13-16-36(6)34(31)32(25)30/h7-10,13,16,18-21,24H,11-12,14-15,17H2,1-6H3/q+1. The molecular weight excluding hydrogens is 448 g/mol. The predicted molar refractivity (Wildman–Crippen MR) is 158 cm³/mol. The fourth-order valence-electron chi connectivity index (χ4n) is 7.35. The molecule has 1 fully saturated rings. The van der Waals surface area contributed by atoms with E-state index in [1.807, 2.05) is 0 Å². The van der Waals surface area contributed by atoms with Crippen molar-refractivity contribution in [3.8, 4) is 0 Å². The maximum Gasteiger partial charge on any atom is 0.224 e. The molecule has 3 aromatic carbocycles. The Kier molecular flexibility index (Phi) is 4.94. The van der Waals surface area contributed by atoms with E-state index in [-0.39, 0.29) is 0 Å². The van der Waals surface area contributed by atoms with E-state index in [0.717, 1.165) is 6.42 Å². The van der Waals surface area contributed by atoms with Crippen molar-refractivity contribution in [3.05, 3.63) is 71.4 Å². The third kappa shape index (κ3) is 3.41. The Morgan fingerprint density at radius 1 is 0.919 bits per heavy atom. The number of pyridine rings is 2. The Morgan fingerprint density at radius 3 is 2.46 bits per heavy atom. The van der Waals surface area contributed by atoms with E-state index in [4.69, 9.17) is 0 Å². The van der Waals surface area contributed by atoms with Gasteiger partial charge in [-0.2, -0.15) is 0 Å². The number of benzene rings is 3. The molecule has 37 heavy (non-hydrogen) atoms. The van der Waals surface area contributed by atoms with Gasteiger partial charge in [0.25, 0.3) is 0 Å². The Hall–Kier alpha value is -3.13. The third-order valence-electron chi connectivity index (χ3n) is 9.37. The fraction of sp³-hybridized carbons (Fsp3) is 0.400. The van der Waals surface area contributed by atoms with Gasteiger partial charge in [-0.15, -0.1) is 0 Å². The summed E-state index contributed by atoms with van der Waals surface area (Å²) < 4.78 is 4.96. The fourth-order valence-corrected chi connectivity index (χ4v) is 7.35. The number of nitrogens with zero attached hydrogens (tertiary/aromatic N) is 2. The highest BCUT2D eigenvalue weighted by Gasteiger charge is 2.29. The van der Waals surface area contributed by atoms with E-state index in [9.17, 15) is 0 Å². The van der Waals surface area contributed by atoms with Crippen molar-refractivity contribution in [1.29, 1.82) is 0 Å². The summed E-state index contributed by atoms with van der Waals surface area (Å²) >= 11 is 0. The first kappa shape index (κ1) is 23.0. The molecular formula is C35H39N2+. The first-order valence-corrected chi connectivity index (χ1v) is 14.3. The van der Waals surface area contributed by atoms with E-state index < -0.39 is 0 Å². The van der Waals surface area contributed by atoms with Gasteiger partial charge in [0.1, 0.15) is 7.05 Å². The van der Waals surface area contributed by atoms with E-state index in [1.165, 1.54) is 91.4 Å². The minimum absolute atomic E-state index is 0.482. The van der Waals surface area contributed by atoms with Crippen LogP contribution >= 0.6 is 0 Å². The molecule has 0 spiro atoms. The summed E-state index contributed by atoms with van der Waals surface area (Å²) in [5, 5.41) is 6.95. The summed E-state index contributed by atoms with van der Waals surface area (Å²) in [7, 11) is 2.22. The molecule has 2 heteroatoms. The molecule has 0 saturated heterocycles. The maximum atomic E-state index is 2.61. The Balaban J connectivity index is 1.62. The van der Waals surface area contributed by atoms with Crippen molar-refractivity contribution >= 4 is 49.0 Å². The molecule has 188 valence electrons. The second-order valence-corrected chi connectivity index (χ2v) is 13.2. The average Bonchev–Trinajstić information content (AvgIpc) is 3.18. The number of fused-ring (bicyclic) bond motifs is 5. The Morgan fingerprint density at radius 2 is 1.70 bits per heavy atom. The zero-order chi connectivity index (χ0) is 25.6. The van der Waals surface area contributed by atoms with Crippen LogP contribution in [0.4, 0.5) is 0 Å². The molecule has 1 aliphatic rings. The minimum atomic E-state index is 0.482. The molecule has 1 aliphatic carbocycles. The van der Waals surface area contributed by atoms with Gasteiger partial charge in [0.15, 0.2) is 6.20 Å². The van der Waals surface area contributed by atoms with Crippen molar-refractivity contribution in [2.24, 2.45) is 18.4 Å². The van der Waals surface area contributed by atoms with Crippen LogP contribution in [0.15, 0.2) is 54.7 Å². The quantitative estimate of drug-likeness (QED) is 0.134. The number of rotatable bonds is 3. The van der Waals surface area contributed by atoms with Crippen molar-refractivity contribution in [1.82, 2.24) is 4.40 Å². The summed E-state index contributed by atoms with van der Waals surface area (Å²) in [6.07, 6.45) is 8.61. The molecule has 0 atom stereocenters. The van der Waals surface area contributed by atoms with Crippen molar-refractivity contribution in [2.75, 3.05) is 0 Å². The third-order valence-corrected chi connectivity index (χ3v) is 9.37. The zero-order valence-electron chi connectivity index (χ0n) is 23.3. The average molecular weight is 488 g/mol. The summed E-state index contributed by atoms with van der Waals surface area (Å²) in [6.45, 7) is 11.8. The van der Waals surface area contributed by atoms with Gasteiger partial charge < -0.3 is 4.40 Å². The van der Waals surface area contributed by atoms with Gasteiger partial charge in [0.05, 0.1) is 27.3 Å². The second kappa shape index (κ2) is 7.93. The van der Waals surface area contributed by atoms with E-state index in [0.29, 0.717) is 17.3 Å². The topological polar surface area (TPSA) is 8.29 Å². The summed E-state index contributed by atoms with van der Waals surface area (Å²) in [5.41, 5.74) is 10.3. The second-order valence-electron chi connectivity index (χ2n) is 13.2. The normalized spacial score (nSPS) is 16.9. The zero-order valence-corrected chi connectivity index (χ0v) is 23.3. The molecule has 0 aliphatic heterocycles. The number of aromatic nitrogens is 2. The van der Waals surface area contributed by atoms with Crippen LogP contribution < -0.4 is 4.57 Å². The van der Waals surface area contributed by atoms with Crippen LogP contribution in [0.25, 0.3) is 49.0 Å². The van der Waals surface area contributed by atoms with Gasteiger partial charge in [0, 0.05) is 16.8 Å². The van der Waals surface area contributed by atoms with Gasteiger partial charge in [-0.25, -0.2) is 4.57 Å². The van der Waals surface area contributed by atoms with E-state index >= 15 is 0 Å². The number of aryl methyl sites for hydroxylation is 2. The molecule has 0 radical (unpaired) electrons. The van der Waals surface area contributed by atoms with E-state index in [2.05, 4.69) is 105 Å². The van der Waals surface area contributed by atoms with Crippen LogP contribution in [0.3, 0.4) is 0 Å². The molecule has 2 nitrogen and oxygen atoms in total. The highest BCUT2D eigenvalue weighted by atomic mass is 15.0. The van der Waals surface area contributed by atoms with Crippen LogP contribution in [0.5, 0.6) is 0 Å². The molecule has 6 aromatic rings. The monoisotopic (exact) mass is 487 g/mol. The van der Waals surface area contributed by atoms with Gasteiger partial charge in [0.2, 0.25) is 5.52 Å². The number of hydrogen-bond donors (Lipinski definition) is 0. The molecule has 3 heterocycles. The molecule has 7 rings (SSSR count). The van der Waals surface area contributed by atoms with Crippen LogP contribution in [-0.4, -0.2) is 4.40 Å². The number of hydrogen-bond acceptors (Lipinski definition) is 0. The summed E-state index contributed by atoms with van der Waals surface area (Å²) in [6, 6.07) is 19.3. The lowest BCUT2D eigenvalue weighted by molar-refractivity contribution is -0.643. The lowest BCUT2D eigenvalue weighted by Crippen LogP contribution is -2.29. The highest BCUT2D eigenvalue weighted by Crippen LogP contribution is 2.45. The van der Waals surface area contributed by atoms with Gasteiger partial charge >= 0.3 is 0 Å². The highest BCUT2D eigenvalue weighted by molar-refractivity contribution is 6.25. The molecule has 0 bridgehead atoms. The maximum absolute atomic E-state index is 2.61. The summed E-state index contributed by atoms with van der Waals surface area (Å²) in [4.78, 5) is 0. The van der Waals surface area contributed by atoms with Crippen LogP contribution in [0.1, 0.15) is 76.0 Å². The lowest BCUT2D eigenvalue weighted by atomic mass is 9.71. The first-order valence-electron chi connectivity index (χ1n) is 14.3. The van der Waals surface area contributed by atoms with E-state index in [1.54, 1.807) is 0 Å². The van der Waals surface area contributed by atoms with Gasteiger partial charge in [-0.1, -0.05) is 52.0 Å². The molecule has 0 N–H and O–H groups in total. The lowest BCUT2D eigenvalue weighted by Gasteiger charge is -2.34.